The largest absolute Gasteiger partial charge is 0.367 e. The van der Waals surface area contributed by atoms with Crippen molar-refractivity contribution in [2.24, 2.45) is 5.92 Å². The number of rotatable bonds is 2. The molecule has 1 aromatic carbocycles. The van der Waals surface area contributed by atoms with Crippen LogP contribution in [0.15, 0.2) is 35.2 Å². The first-order valence-electron chi connectivity index (χ1n) is 4.85. The Labute approximate surface area is 87.3 Å². The Hall–Kier alpha value is -0.510. The molecular formula is C11H12O2S. The SMILES string of the molecule is OC1OCC2CC21Sc1ccccc1. The quantitative estimate of drug-likeness (QED) is 0.804. The van der Waals surface area contributed by atoms with Gasteiger partial charge in [-0.05, 0) is 18.6 Å². The first-order valence-corrected chi connectivity index (χ1v) is 5.67. The molecule has 1 N–H and O–H groups in total. The summed E-state index contributed by atoms with van der Waals surface area (Å²) in [4.78, 5) is 1.22. The Morgan fingerprint density at radius 2 is 2.14 bits per heavy atom. The minimum absolute atomic E-state index is 0.0264. The van der Waals surface area contributed by atoms with E-state index in [-0.39, 0.29) is 4.75 Å². The molecule has 3 atom stereocenters. The summed E-state index contributed by atoms with van der Waals surface area (Å²) in [5.41, 5.74) is 0. The number of hydrogen-bond donors (Lipinski definition) is 1. The maximum atomic E-state index is 9.71. The highest BCUT2D eigenvalue weighted by Gasteiger charge is 2.65. The summed E-state index contributed by atoms with van der Waals surface area (Å²) in [7, 11) is 0. The lowest BCUT2D eigenvalue weighted by molar-refractivity contribution is -0.0752. The van der Waals surface area contributed by atoms with E-state index >= 15 is 0 Å². The highest BCUT2D eigenvalue weighted by atomic mass is 32.2. The smallest absolute Gasteiger partial charge is 0.169 e. The fraction of sp³-hybridized carbons (Fsp3) is 0.455. The standard InChI is InChI=1S/C11H12O2S/c12-10-11(6-8(11)7-13-10)14-9-4-2-1-3-5-9/h1-5,8,10,12H,6-7H2. The van der Waals surface area contributed by atoms with Crippen molar-refractivity contribution in [2.75, 3.05) is 6.61 Å². The van der Waals surface area contributed by atoms with Gasteiger partial charge in [0.05, 0.1) is 11.4 Å². The molecule has 0 spiro atoms. The van der Waals surface area contributed by atoms with Crippen LogP contribution in [-0.4, -0.2) is 22.8 Å². The monoisotopic (exact) mass is 208 g/mol. The maximum absolute atomic E-state index is 9.71. The number of fused-ring (bicyclic) bond motifs is 1. The van der Waals surface area contributed by atoms with Gasteiger partial charge in [0, 0.05) is 10.8 Å². The second kappa shape index (κ2) is 2.99. The molecule has 0 amide bonds. The Balaban J connectivity index is 1.80. The van der Waals surface area contributed by atoms with E-state index in [1.54, 1.807) is 11.8 Å². The molecule has 1 aliphatic carbocycles. The van der Waals surface area contributed by atoms with Crippen LogP contribution < -0.4 is 0 Å². The van der Waals surface area contributed by atoms with Gasteiger partial charge >= 0.3 is 0 Å². The van der Waals surface area contributed by atoms with Crippen LogP contribution in [0, 0.1) is 5.92 Å². The summed E-state index contributed by atoms with van der Waals surface area (Å²) in [6, 6.07) is 10.2. The van der Waals surface area contributed by atoms with E-state index in [4.69, 9.17) is 4.74 Å². The fourth-order valence-corrected chi connectivity index (χ4v) is 3.48. The summed E-state index contributed by atoms with van der Waals surface area (Å²) in [5, 5.41) is 9.71. The summed E-state index contributed by atoms with van der Waals surface area (Å²) in [5.74, 6) is 0.558. The molecule has 1 saturated carbocycles. The van der Waals surface area contributed by atoms with E-state index < -0.39 is 6.29 Å². The predicted molar refractivity (Wildman–Crippen MR) is 55.1 cm³/mol. The lowest BCUT2D eigenvalue weighted by atomic mass is 10.3. The first-order chi connectivity index (χ1) is 6.81. The topological polar surface area (TPSA) is 29.5 Å². The molecule has 0 aromatic heterocycles. The molecule has 2 aliphatic rings. The van der Waals surface area contributed by atoms with Crippen molar-refractivity contribution in [2.45, 2.75) is 22.4 Å². The van der Waals surface area contributed by atoms with Crippen molar-refractivity contribution >= 4 is 11.8 Å². The molecule has 3 heteroatoms. The average molecular weight is 208 g/mol. The second-order valence-corrected chi connectivity index (χ2v) is 5.39. The normalized spacial score (nSPS) is 39.5. The van der Waals surface area contributed by atoms with Gasteiger partial charge in [0.2, 0.25) is 0 Å². The van der Waals surface area contributed by atoms with Crippen LogP contribution in [0.3, 0.4) is 0 Å². The van der Waals surface area contributed by atoms with E-state index in [0.29, 0.717) is 5.92 Å². The Kier molecular flexibility index (Phi) is 1.87. The minimum atomic E-state index is -0.572. The van der Waals surface area contributed by atoms with Gasteiger partial charge in [0.15, 0.2) is 6.29 Å². The zero-order chi connectivity index (χ0) is 9.60. The maximum Gasteiger partial charge on any atom is 0.169 e. The van der Waals surface area contributed by atoms with Crippen LogP contribution in [0.1, 0.15) is 6.42 Å². The van der Waals surface area contributed by atoms with E-state index in [9.17, 15) is 5.11 Å². The van der Waals surface area contributed by atoms with Crippen molar-refractivity contribution in [3.63, 3.8) is 0 Å². The number of thioether (sulfide) groups is 1. The molecule has 1 heterocycles. The van der Waals surface area contributed by atoms with E-state index in [0.717, 1.165) is 13.0 Å². The summed E-state index contributed by atoms with van der Waals surface area (Å²) in [6.07, 6.45) is 0.519. The molecule has 1 aromatic rings. The third-order valence-electron chi connectivity index (χ3n) is 3.02. The van der Waals surface area contributed by atoms with Crippen molar-refractivity contribution in [3.05, 3.63) is 30.3 Å². The number of aliphatic hydroxyl groups is 1. The molecule has 2 fully saturated rings. The summed E-state index contributed by atoms with van der Waals surface area (Å²) in [6.45, 7) is 0.723. The number of benzene rings is 1. The van der Waals surface area contributed by atoms with Crippen molar-refractivity contribution < 1.29 is 9.84 Å². The molecule has 0 radical (unpaired) electrons. The molecule has 3 unspecified atom stereocenters. The summed E-state index contributed by atoms with van der Waals surface area (Å²) >= 11 is 1.76. The molecule has 2 nitrogen and oxygen atoms in total. The van der Waals surface area contributed by atoms with Crippen LogP contribution >= 0.6 is 11.8 Å². The van der Waals surface area contributed by atoms with Crippen LogP contribution in [-0.2, 0) is 4.74 Å². The Bertz CT molecular complexity index is 340. The van der Waals surface area contributed by atoms with Gasteiger partial charge in [-0.3, -0.25) is 0 Å². The van der Waals surface area contributed by atoms with Crippen LogP contribution in [0.2, 0.25) is 0 Å². The third kappa shape index (κ3) is 1.20. The summed E-state index contributed by atoms with van der Waals surface area (Å²) < 4.78 is 5.20. The minimum Gasteiger partial charge on any atom is -0.367 e. The van der Waals surface area contributed by atoms with Gasteiger partial charge in [-0.15, -0.1) is 11.8 Å². The first kappa shape index (κ1) is 8.77. The van der Waals surface area contributed by atoms with Gasteiger partial charge in [0.25, 0.3) is 0 Å². The Morgan fingerprint density at radius 1 is 1.36 bits per heavy atom. The van der Waals surface area contributed by atoms with Gasteiger partial charge in [-0.2, -0.15) is 0 Å². The number of ether oxygens (including phenoxy) is 1. The molecule has 3 rings (SSSR count). The van der Waals surface area contributed by atoms with E-state index in [1.165, 1.54) is 4.90 Å². The van der Waals surface area contributed by atoms with Crippen molar-refractivity contribution in [3.8, 4) is 0 Å². The van der Waals surface area contributed by atoms with Crippen molar-refractivity contribution in [1.82, 2.24) is 0 Å². The highest BCUT2D eigenvalue weighted by Crippen LogP contribution is 2.62. The van der Waals surface area contributed by atoms with E-state index in [2.05, 4.69) is 12.1 Å². The lowest BCUT2D eigenvalue weighted by Crippen LogP contribution is -2.22. The molecule has 74 valence electrons. The molecule has 14 heavy (non-hydrogen) atoms. The predicted octanol–water partition coefficient (Wildman–Crippen LogP) is 1.89. The molecule has 1 saturated heterocycles. The molecule has 1 aliphatic heterocycles. The van der Waals surface area contributed by atoms with E-state index in [1.807, 2.05) is 18.2 Å². The lowest BCUT2D eigenvalue weighted by Gasteiger charge is -2.16. The van der Waals surface area contributed by atoms with Crippen LogP contribution in [0.5, 0.6) is 0 Å². The zero-order valence-corrected chi connectivity index (χ0v) is 8.54. The molecule has 0 bridgehead atoms. The van der Waals surface area contributed by atoms with Gasteiger partial charge < -0.3 is 9.84 Å². The average Bonchev–Trinajstić information content (AvgIpc) is 2.83. The zero-order valence-electron chi connectivity index (χ0n) is 7.72. The van der Waals surface area contributed by atoms with Gasteiger partial charge in [-0.25, -0.2) is 0 Å². The van der Waals surface area contributed by atoms with Crippen LogP contribution in [0.25, 0.3) is 0 Å². The number of hydrogen-bond acceptors (Lipinski definition) is 3. The third-order valence-corrected chi connectivity index (χ3v) is 4.61. The van der Waals surface area contributed by atoms with Gasteiger partial charge in [0.1, 0.15) is 0 Å². The number of aliphatic hydroxyl groups excluding tert-OH is 1. The fourth-order valence-electron chi connectivity index (χ4n) is 2.06. The Morgan fingerprint density at radius 3 is 2.71 bits per heavy atom. The van der Waals surface area contributed by atoms with Crippen molar-refractivity contribution in [1.29, 1.82) is 0 Å². The second-order valence-electron chi connectivity index (χ2n) is 3.96. The highest BCUT2D eigenvalue weighted by molar-refractivity contribution is 8.01. The van der Waals surface area contributed by atoms with Crippen LogP contribution in [0.4, 0.5) is 0 Å². The van der Waals surface area contributed by atoms with Gasteiger partial charge in [-0.1, -0.05) is 18.2 Å². The molecular weight excluding hydrogens is 196 g/mol.